The maximum atomic E-state index is 10.5. The standard InChI is InChI=1S/C7H12N2O4.CH4O/c1-4(10)9-5(7(12)13)2-3-6(8)11;1-2/h5H,2-3H2,1H3,(H2,8,11)(H,9,10)(H,12,13);2H,1H3. The van der Waals surface area contributed by atoms with E-state index in [1.165, 1.54) is 6.92 Å². The van der Waals surface area contributed by atoms with Crippen LogP contribution in [0.3, 0.4) is 0 Å². The molecule has 0 rings (SSSR count). The number of rotatable bonds is 5. The number of hydrogen-bond acceptors (Lipinski definition) is 4. The Bertz CT molecular complexity index is 229. The van der Waals surface area contributed by atoms with E-state index in [0.29, 0.717) is 0 Å². The largest absolute Gasteiger partial charge is 0.480 e. The summed E-state index contributed by atoms with van der Waals surface area (Å²) in [6.45, 7) is 1.21. The lowest BCUT2D eigenvalue weighted by atomic mass is 10.1. The van der Waals surface area contributed by atoms with Crippen molar-refractivity contribution < 1.29 is 24.6 Å². The monoisotopic (exact) mass is 220 g/mol. The molecule has 0 aromatic carbocycles. The highest BCUT2D eigenvalue weighted by Crippen LogP contribution is 1.96. The molecule has 0 saturated carbocycles. The fourth-order valence-electron chi connectivity index (χ4n) is 0.789. The van der Waals surface area contributed by atoms with E-state index in [2.05, 4.69) is 5.32 Å². The lowest BCUT2D eigenvalue weighted by Gasteiger charge is -2.11. The number of hydrogen-bond donors (Lipinski definition) is 4. The third-order valence-electron chi connectivity index (χ3n) is 1.36. The Hall–Kier alpha value is -1.63. The molecule has 0 aliphatic heterocycles. The van der Waals surface area contributed by atoms with Gasteiger partial charge in [-0.15, -0.1) is 0 Å². The topological polar surface area (TPSA) is 130 Å². The molecule has 0 spiro atoms. The number of aliphatic hydroxyl groups is 1. The number of amides is 2. The number of nitrogens with two attached hydrogens (primary N) is 1. The third kappa shape index (κ3) is 10.3. The van der Waals surface area contributed by atoms with Crippen molar-refractivity contribution in [3.05, 3.63) is 0 Å². The van der Waals surface area contributed by atoms with Crippen LogP contribution in [0.1, 0.15) is 19.8 Å². The molecule has 7 heteroatoms. The van der Waals surface area contributed by atoms with Crippen molar-refractivity contribution in [3.63, 3.8) is 0 Å². The van der Waals surface area contributed by atoms with Crippen molar-refractivity contribution in [2.24, 2.45) is 5.73 Å². The van der Waals surface area contributed by atoms with Crippen LogP contribution in [-0.2, 0) is 14.4 Å². The summed E-state index contributed by atoms with van der Waals surface area (Å²) < 4.78 is 0. The van der Waals surface area contributed by atoms with Crippen LogP contribution in [0.4, 0.5) is 0 Å². The maximum absolute atomic E-state index is 10.5. The summed E-state index contributed by atoms with van der Waals surface area (Å²) in [5, 5.41) is 17.8. The van der Waals surface area contributed by atoms with Gasteiger partial charge in [-0.3, -0.25) is 9.59 Å². The summed E-state index contributed by atoms with van der Waals surface area (Å²) in [5.41, 5.74) is 4.83. The maximum Gasteiger partial charge on any atom is 0.326 e. The summed E-state index contributed by atoms with van der Waals surface area (Å²) in [7, 11) is 1.00. The molecule has 0 bridgehead atoms. The fraction of sp³-hybridized carbons (Fsp3) is 0.625. The van der Waals surface area contributed by atoms with Crippen LogP contribution in [0, 0.1) is 0 Å². The highest BCUT2D eigenvalue weighted by Gasteiger charge is 2.18. The van der Waals surface area contributed by atoms with Crippen LogP contribution in [0.2, 0.25) is 0 Å². The zero-order chi connectivity index (χ0) is 12.4. The summed E-state index contributed by atoms with van der Waals surface area (Å²) in [4.78, 5) is 31.3. The quantitative estimate of drug-likeness (QED) is 0.445. The van der Waals surface area contributed by atoms with Crippen LogP contribution >= 0.6 is 0 Å². The molecule has 0 fully saturated rings. The highest BCUT2D eigenvalue weighted by atomic mass is 16.4. The SMILES string of the molecule is CC(=O)NC(CCC(N)=O)C(=O)O.CO. The fourth-order valence-corrected chi connectivity index (χ4v) is 0.789. The van der Waals surface area contributed by atoms with Gasteiger partial charge in [0.15, 0.2) is 0 Å². The second kappa shape index (κ2) is 8.95. The third-order valence-corrected chi connectivity index (χ3v) is 1.36. The van der Waals surface area contributed by atoms with Crippen molar-refractivity contribution in [1.29, 1.82) is 0 Å². The van der Waals surface area contributed by atoms with Crippen LogP contribution in [-0.4, -0.2) is 41.1 Å². The normalized spacial score (nSPS) is 10.6. The molecule has 1 unspecified atom stereocenters. The number of carboxylic acid groups (broad SMARTS) is 1. The van der Waals surface area contributed by atoms with Crippen molar-refractivity contribution in [1.82, 2.24) is 5.32 Å². The van der Waals surface area contributed by atoms with Crippen molar-refractivity contribution in [2.75, 3.05) is 7.11 Å². The predicted octanol–water partition coefficient (Wildman–Crippen LogP) is -1.55. The van der Waals surface area contributed by atoms with Gasteiger partial charge in [-0.05, 0) is 6.42 Å². The molecular weight excluding hydrogens is 204 g/mol. The average molecular weight is 220 g/mol. The Morgan fingerprint density at radius 3 is 2.07 bits per heavy atom. The lowest BCUT2D eigenvalue weighted by Crippen LogP contribution is -2.40. The number of aliphatic hydroxyl groups excluding tert-OH is 1. The summed E-state index contributed by atoms with van der Waals surface area (Å²) in [6.07, 6.45) is -0.0402. The van der Waals surface area contributed by atoms with E-state index in [0.717, 1.165) is 7.11 Å². The van der Waals surface area contributed by atoms with Gasteiger partial charge in [0, 0.05) is 20.5 Å². The second-order valence-electron chi connectivity index (χ2n) is 2.60. The Morgan fingerprint density at radius 2 is 1.80 bits per heavy atom. The minimum Gasteiger partial charge on any atom is -0.480 e. The Morgan fingerprint density at radius 1 is 1.33 bits per heavy atom. The van der Waals surface area contributed by atoms with Gasteiger partial charge < -0.3 is 21.3 Å². The molecule has 0 aromatic heterocycles. The molecule has 15 heavy (non-hydrogen) atoms. The molecule has 5 N–H and O–H groups in total. The van der Waals surface area contributed by atoms with E-state index in [9.17, 15) is 14.4 Å². The molecule has 7 nitrogen and oxygen atoms in total. The first-order chi connectivity index (χ1) is 6.93. The highest BCUT2D eigenvalue weighted by molar-refractivity contribution is 5.83. The van der Waals surface area contributed by atoms with Gasteiger partial charge in [0.1, 0.15) is 6.04 Å². The summed E-state index contributed by atoms with van der Waals surface area (Å²) in [5.74, 6) is -2.20. The number of carboxylic acids is 1. The number of aliphatic carboxylic acids is 1. The zero-order valence-corrected chi connectivity index (χ0v) is 8.69. The van der Waals surface area contributed by atoms with Gasteiger partial charge in [0.05, 0.1) is 0 Å². The first-order valence-electron chi connectivity index (χ1n) is 4.16. The molecule has 0 aliphatic rings. The Balaban J connectivity index is 0. The molecule has 2 amide bonds. The zero-order valence-electron chi connectivity index (χ0n) is 8.69. The first-order valence-corrected chi connectivity index (χ1v) is 4.16. The van der Waals surface area contributed by atoms with E-state index in [4.69, 9.17) is 15.9 Å². The van der Waals surface area contributed by atoms with E-state index in [1.807, 2.05) is 0 Å². The molecule has 0 saturated heterocycles. The molecule has 0 aliphatic carbocycles. The molecule has 0 heterocycles. The number of carbonyl (C=O) groups is 3. The smallest absolute Gasteiger partial charge is 0.326 e. The van der Waals surface area contributed by atoms with E-state index in [1.54, 1.807) is 0 Å². The van der Waals surface area contributed by atoms with E-state index in [-0.39, 0.29) is 12.8 Å². The number of nitrogens with one attached hydrogen (secondary N) is 1. The van der Waals surface area contributed by atoms with Gasteiger partial charge in [0.2, 0.25) is 11.8 Å². The minimum atomic E-state index is -1.17. The van der Waals surface area contributed by atoms with Gasteiger partial charge >= 0.3 is 5.97 Å². The lowest BCUT2D eigenvalue weighted by molar-refractivity contribution is -0.141. The summed E-state index contributed by atoms with van der Waals surface area (Å²) >= 11 is 0. The van der Waals surface area contributed by atoms with Crippen LogP contribution in [0.15, 0.2) is 0 Å². The molecule has 0 radical (unpaired) electrons. The van der Waals surface area contributed by atoms with E-state index >= 15 is 0 Å². The number of carbonyl (C=O) groups excluding carboxylic acids is 2. The molecule has 88 valence electrons. The predicted molar refractivity (Wildman–Crippen MR) is 51.8 cm³/mol. The molecular formula is C8H16N2O5. The van der Waals surface area contributed by atoms with Gasteiger partial charge in [-0.25, -0.2) is 4.79 Å². The second-order valence-corrected chi connectivity index (χ2v) is 2.60. The molecule has 0 aromatic rings. The summed E-state index contributed by atoms with van der Waals surface area (Å²) in [6, 6.07) is -1.04. The van der Waals surface area contributed by atoms with Gasteiger partial charge in [0.25, 0.3) is 0 Å². The van der Waals surface area contributed by atoms with Crippen molar-refractivity contribution in [3.8, 4) is 0 Å². The van der Waals surface area contributed by atoms with Crippen LogP contribution < -0.4 is 11.1 Å². The Kier molecular flexibility index (Phi) is 9.44. The number of primary amides is 1. The Labute approximate surface area is 87.3 Å². The average Bonchev–Trinajstić information content (AvgIpc) is 2.14. The van der Waals surface area contributed by atoms with Crippen LogP contribution in [0.5, 0.6) is 0 Å². The van der Waals surface area contributed by atoms with E-state index < -0.39 is 23.8 Å². The van der Waals surface area contributed by atoms with Gasteiger partial charge in [-0.1, -0.05) is 0 Å². The molecule has 1 atom stereocenters. The first kappa shape index (κ1) is 15.8. The van der Waals surface area contributed by atoms with Gasteiger partial charge in [-0.2, -0.15) is 0 Å². The minimum absolute atomic E-state index is 0.0181. The van der Waals surface area contributed by atoms with Crippen LogP contribution in [0.25, 0.3) is 0 Å². The van der Waals surface area contributed by atoms with Crippen molar-refractivity contribution in [2.45, 2.75) is 25.8 Å². The van der Waals surface area contributed by atoms with Crippen molar-refractivity contribution >= 4 is 17.8 Å².